The zero-order valence-corrected chi connectivity index (χ0v) is 20.4. The average molecular weight is 503 g/mol. The Bertz CT molecular complexity index is 1720. The number of methoxy groups -OCH3 is 1. The maximum absolute atomic E-state index is 12.4. The highest BCUT2D eigenvalue weighted by Crippen LogP contribution is 2.26. The lowest BCUT2D eigenvalue weighted by Gasteiger charge is -2.12. The SMILES string of the molecule is COc1ccc(C=NNc2nc(-c3ccccc3)c(C#N)c(=O)[nH]2)cc1COc1cccc2cccnc12. The van der Waals surface area contributed by atoms with Gasteiger partial charge in [0.1, 0.15) is 35.3 Å². The zero-order valence-electron chi connectivity index (χ0n) is 20.4. The van der Waals surface area contributed by atoms with Crippen LogP contribution in [0, 0.1) is 11.3 Å². The fraction of sp³-hybridized carbons (Fsp3) is 0.0690. The first-order valence-corrected chi connectivity index (χ1v) is 11.7. The van der Waals surface area contributed by atoms with Crippen molar-refractivity contribution in [1.29, 1.82) is 5.26 Å². The van der Waals surface area contributed by atoms with E-state index in [2.05, 4.69) is 25.5 Å². The summed E-state index contributed by atoms with van der Waals surface area (Å²) in [5.41, 5.74) is 5.44. The number of benzene rings is 3. The number of nitrogens with zero attached hydrogens (tertiary/aromatic N) is 4. The molecule has 0 saturated heterocycles. The van der Waals surface area contributed by atoms with E-state index in [1.165, 1.54) is 0 Å². The number of pyridine rings is 1. The Kier molecular flexibility index (Phi) is 7.04. The first-order valence-electron chi connectivity index (χ1n) is 11.7. The maximum atomic E-state index is 12.4. The minimum atomic E-state index is -0.550. The number of rotatable bonds is 8. The van der Waals surface area contributed by atoms with Gasteiger partial charge in [0.15, 0.2) is 0 Å². The van der Waals surface area contributed by atoms with Gasteiger partial charge in [0.2, 0.25) is 5.95 Å². The monoisotopic (exact) mass is 502 g/mol. The van der Waals surface area contributed by atoms with Gasteiger partial charge in [-0.2, -0.15) is 10.4 Å². The normalized spacial score (nSPS) is 10.8. The van der Waals surface area contributed by atoms with Gasteiger partial charge in [-0.15, -0.1) is 0 Å². The lowest BCUT2D eigenvalue weighted by Crippen LogP contribution is -2.16. The molecular formula is C29H22N6O3. The second-order valence-electron chi connectivity index (χ2n) is 8.18. The number of aromatic nitrogens is 3. The van der Waals surface area contributed by atoms with Crippen LogP contribution in [0.3, 0.4) is 0 Å². The van der Waals surface area contributed by atoms with Crippen LogP contribution in [0.4, 0.5) is 5.95 Å². The molecule has 0 radical (unpaired) electrons. The Morgan fingerprint density at radius 3 is 2.71 bits per heavy atom. The van der Waals surface area contributed by atoms with Crippen LogP contribution in [0.1, 0.15) is 16.7 Å². The molecule has 0 aliphatic rings. The third-order valence-corrected chi connectivity index (χ3v) is 5.75. The summed E-state index contributed by atoms with van der Waals surface area (Å²) in [5.74, 6) is 1.47. The summed E-state index contributed by atoms with van der Waals surface area (Å²) < 4.78 is 11.6. The smallest absolute Gasteiger partial charge is 0.270 e. The molecule has 5 aromatic rings. The number of fused-ring (bicyclic) bond motifs is 1. The molecule has 0 fully saturated rings. The molecule has 38 heavy (non-hydrogen) atoms. The summed E-state index contributed by atoms with van der Waals surface area (Å²) in [6.07, 6.45) is 3.32. The standard InChI is InChI=1S/C29H22N6O3/c1-37-24-13-12-19(15-22(24)18-38-25-11-5-9-21-10-6-14-31-27(21)25)17-32-35-29-33-26(20-7-3-2-4-8-20)23(16-30)28(36)34-29/h2-15,17H,18H2,1H3,(H2,33,34,35,36). The summed E-state index contributed by atoms with van der Waals surface area (Å²) in [4.78, 5) is 23.8. The number of para-hydroxylation sites is 1. The Morgan fingerprint density at radius 1 is 1.05 bits per heavy atom. The molecule has 9 heteroatoms. The number of anilines is 1. The molecule has 0 aliphatic carbocycles. The second kappa shape index (κ2) is 11.1. The largest absolute Gasteiger partial charge is 0.496 e. The highest BCUT2D eigenvalue weighted by atomic mass is 16.5. The summed E-state index contributed by atoms with van der Waals surface area (Å²) in [7, 11) is 1.60. The van der Waals surface area contributed by atoms with Gasteiger partial charge in [0.05, 0.1) is 19.0 Å². The van der Waals surface area contributed by atoms with Crippen molar-refractivity contribution < 1.29 is 9.47 Å². The molecule has 5 rings (SSSR count). The molecule has 3 aromatic carbocycles. The van der Waals surface area contributed by atoms with Crippen molar-refractivity contribution in [3.8, 4) is 28.8 Å². The molecule has 0 spiro atoms. The number of H-pyrrole nitrogens is 1. The number of hydrazone groups is 1. The van der Waals surface area contributed by atoms with Crippen LogP contribution < -0.4 is 20.5 Å². The first-order chi connectivity index (χ1) is 18.7. The third-order valence-electron chi connectivity index (χ3n) is 5.75. The van der Waals surface area contributed by atoms with Crippen molar-refractivity contribution >= 4 is 23.1 Å². The third kappa shape index (κ3) is 5.20. The number of hydrogen-bond donors (Lipinski definition) is 2. The number of nitriles is 1. The van der Waals surface area contributed by atoms with E-state index in [4.69, 9.17) is 9.47 Å². The first kappa shape index (κ1) is 24.2. The van der Waals surface area contributed by atoms with Crippen LogP contribution >= 0.6 is 0 Å². The van der Waals surface area contributed by atoms with Crippen molar-refractivity contribution in [3.05, 3.63) is 112 Å². The number of hydrogen-bond acceptors (Lipinski definition) is 8. The van der Waals surface area contributed by atoms with E-state index < -0.39 is 5.56 Å². The number of aromatic amines is 1. The van der Waals surface area contributed by atoms with E-state index in [1.807, 2.05) is 72.8 Å². The van der Waals surface area contributed by atoms with E-state index >= 15 is 0 Å². The van der Waals surface area contributed by atoms with Crippen LogP contribution in [-0.2, 0) is 6.61 Å². The molecule has 0 unspecified atom stereocenters. The van der Waals surface area contributed by atoms with E-state index in [9.17, 15) is 10.1 Å². The van der Waals surface area contributed by atoms with Gasteiger partial charge in [-0.25, -0.2) is 10.4 Å². The van der Waals surface area contributed by atoms with Crippen molar-refractivity contribution in [2.75, 3.05) is 12.5 Å². The molecule has 2 heterocycles. The Hall–Kier alpha value is -5.49. The summed E-state index contributed by atoms with van der Waals surface area (Å²) in [6.45, 7) is 0.263. The van der Waals surface area contributed by atoms with Gasteiger partial charge in [-0.3, -0.25) is 14.8 Å². The van der Waals surface area contributed by atoms with E-state index in [1.54, 1.807) is 31.7 Å². The molecule has 9 nitrogen and oxygen atoms in total. The molecular weight excluding hydrogens is 480 g/mol. The molecule has 0 aliphatic heterocycles. The predicted molar refractivity (Wildman–Crippen MR) is 145 cm³/mol. The lowest BCUT2D eigenvalue weighted by molar-refractivity contribution is 0.299. The van der Waals surface area contributed by atoms with Crippen molar-refractivity contribution in [2.45, 2.75) is 6.61 Å². The van der Waals surface area contributed by atoms with E-state index in [0.717, 1.165) is 22.0 Å². The zero-order chi connectivity index (χ0) is 26.3. The van der Waals surface area contributed by atoms with Crippen LogP contribution in [0.2, 0.25) is 0 Å². The van der Waals surface area contributed by atoms with E-state index in [-0.39, 0.29) is 23.8 Å². The van der Waals surface area contributed by atoms with Crippen LogP contribution in [0.5, 0.6) is 11.5 Å². The highest BCUT2D eigenvalue weighted by Gasteiger charge is 2.13. The van der Waals surface area contributed by atoms with Crippen LogP contribution in [0.15, 0.2) is 95.0 Å². The molecule has 2 N–H and O–H groups in total. The topological polar surface area (TPSA) is 125 Å². The highest BCUT2D eigenvalue weighted by molar-refractivity contribution is 5.84. The fourth-order valence-corrected chi connectivity index (χ4v) is 3.94. The van der Waals surface area contributed by atoms with Crippen LogP contribution in [-0.4, -0.2) is 28.3 Å². The summed E-state index contributed by atoms with van der Waals surface area (Å²) >= 11 is 0. The number of ether oxygens (including phenoxy) is 2. The van der Waals surface area contributed by atoms with Crippen LogP contribution in [0.25, 0.3) is 22.2 Å². The fourth-order valence-electron chi connectivity index (χ4n) is 3.94. The van der Waals surface area contributed by atoms with Gasteiger partial charge in [-0.05, 0) is 35.9 Å². The Labute approximate surface area is 218 Å². The lowest BCUT2D eigenvalue weighted by atomic mass is 10.1. The quantitative estimate of drug-likeness (QED) is 0.229. The minimum Gasteiger partial charge on any atom is -0.496 e. The molecule has 0 atom stereocenters. The Balaban J connectivity index is 1.35. The molecule has 0 bridgehead atoms. The van der Waals surface area contributed by atoms with Crippen molar-refractivity contribution in [2.24, 2.45) is 5.10 Å². The molecule has 186 valence electrons. The second-order valence-corrected chi connectivity index (χ2v) is 8.18. The van der Waals surface area contributed by atoms with Crippen molar-refractivity contribution in [3.63, 3.8) is 0 Å². The van der Waals surface area contributed by atoms with Gasteiger partial charge >= 0.3 is 0 Å². The summed E-state index contributed by atoms with van der Waals surface area (Å²) in [6, 6.07) is 26.2. The maximum Gasteiger partial charge on any atom is 0.270 e. The van der Waals surface area contributed by atoms with E-state index in [0.29, 0.717) is 17.1 Å². The number of nitrogens with one attached hydrogen (secondary N) is 2. The van der Waals surface area contributed by atoms with Crippen molar-refractivity contribution in [1.82, 2.24) is 15.0 Å². The predicted octanol–water partition coefficient (Wildman–Crippen LogP) is 4.89. The molecule has 0 saturated carbocycles. The molecule has 2 aromatic heterocycles. The van der Waals surface area contributed by atoms with Gasteiger partial charge in [0.25, 0.3) is 5.56 Å². The van der Waals surface area contributed by atoms with Gasteiger partial charge in [0, 0.05) is 22.7 Å². The average Bonchev–Trinajstić information content (AvgIpc) is 2.96. The van der Waals surface area contributed by atoms with Gasteiger partial charge in [-0.1, -0.05) is 48.5 Å². The Morgan fingerprint density at radius 2 is 1.89 bits per heavy atom. The minimum absolute atomic E-state index is 0.0630. The summed E-state index contributed by atoms with van der Waals surface area (Å²) in [5, 5.41) is 14.6. The van der Waals surface area contributed by atoms with Gasteiger partial charge < -0.3 is 9.47 Å². The molecule has 0 amide bonds.